The summed E-state index contributed by atoms with van der Waals surface area (Å²) in [7, 11) is 1.83. The zero-order valence-electron chi connectivity index (χ0n) is 11.1. The summed E-state index contributed by atoms with van der Waals surface area (Å²) in [6.07, 6.45) is 4.73. The summed E-state index contributed by atoms with van der Waals surface area (Å²) in [5, 5.41) is 14.6. The molecule has 1 aromatic carbocycles. The Hall–Kier alpha value is -2.43. The van der Waals surface area contributed by atoms with E-state index in [2.05, 4.69) is 20.6 Å². The number of allylic oxidation sites excluding steroid dienone is 1. The van der Waals surface area contributed by atoms with Crippen LogP contribution in [0.5, 0.6) is 0 Å². The van der Waals surface area contributed by atoms with Crippen molar-refractivity contribution in [3.63, 3.8) is 0 Å². The summed E-state index contributed by atoms with van der Waals surface area (Å²) in [6.45, 7) is 2.85. The van der Waals surface area contributed by atoms with Crippen LogP contribution in [0.3, 0.4) is 0 Å². The Morgan fingerprint density at radius 2 is 2.21 bits per heavy atom. The summed E-state index contributed by atoms with van der Waals surface area (Å²) in [6, 6.07) is 5.90. The summed E-state index contributed by atoms with van der Waals surface area (Å²) in [4.78, 5) is 8.43. The highest BCUT2D eigenvalue weighted by Crippen LogP contribution is 2.23. The zero-order chi connectivity index (χ0) is 13.7. The van der Waals surface area contributed by atoms with E-state index in [9.17, 15) is 0 Å². The molecule has 0 aliphatic carbocycles. The summed E-state index contributed by atoms with van der Waals surface area (Å²) >= 11 is 0. The van der Waals surface area contributed by atoms with Crippen LogP contribution < -0.4 is 10.6 Å². The van der Waals surface area contributed by atoms with Crippen molar-refractivity contribution in [1.29, 1.82) is 5.41 Å². The first-order valence-corrected chi connectivity index (χ1v) is 6.17. The predicted octanol–water partition coefficient (Wildman–Crippen LogP) is 2.27. The number of nitrogens with one attached hydrogen (secondary N) is 3. The highest BCUT2D eigenvalue weighted by Gasteiger charge is 2.05. The standard InChI is InChI=1S/C14H17N5/c1-3-17-8-11(7-15)10-4-5-13-12(6-10)14(16-2)19-9-18-13/h4-9,15,17H,3H2,1-2H3,(H,16,18,19)/b11-8+,15-7?. The number of fused-ring (bicyclic) bond motifs is 1. The molecule has 3 N–H and O–H groups in total. The van der Waals surface area contributed by atoms with Gasteiger partial charge in [-0.3, -0.25) is 0 Å². The second-order valence-corrected chi connectivity index (χ2v) is 4.01. The van der Waals surface area contributed by atoms with Gasteiger partial charge in [0.2, 0.25) is 0 Å². The van der Waals surface area contributed by atoms with Crippen LogP contribution in [0.15, 0.2) is 30.7 Å². The summed E-state index contributed by atoms with van der Waals surface area (Å²) in [5.41, 5.74) is 2.68. The smallest absolute Gasteiger partial charge is 0.137 e. The Labute approximate surface area is 112 Å². The fraction of sp³-hybridized carbons (Fsp3) is 0.214. The average molecular weight is 255 g/mol. The van der Waals surface area contributed by atoms with Crippen molar-refractivity contribution in [1.82, 2.24) is 15.3 Å². The SMILES string of the molecule is CCN/C=C(\C=N)c1ccc2ncnc(NC)c2c1. The molecule has 0 unspecified atom stereocenters. The largest absolute Gasteiger partial charge is 0.391 e. The molecule has 0 spiro atoms. The lowest BCUT2D eigenvalue weighted by Gasteiger charge is -2.07. The Morgan fingerprint density at radius 1 is 1.37 bits per heavy atom. The minimum Gasteiger partial charge on any atom is -0.391 e. The number of rotatable bonds is 5. The Kier molecular flexibility index (Phi) is 4.07. The third-order valence-corrected chi connectivity index (χ3v) is 2.82. The molecular formula is C14H17N5. The van der Waals surface area contributed by atoms with Crippen molar-refractivity contribution < 1.29 is 0 Å². The van der Waals surface area contributed by atoms with Gasteiger partial charge in [0.05, 0.1) is 5.52 Å². The van der Waals surface area contributed by atoms with Crippen LogP contribution in [0.4, 0.5) is 5.82 Å². The third kappa shape index (κ3) is 2.70. The lowest BCUT2D eigenvalue weighted by Crippen LogP contribution is -2.04. The number of hydrogen-bond donors (Lipinski definition) is 3. The summed E-state index contributed by atoms with van der Waals surface area (Å²) in [5.74, 6) is 0.791. The van der Waals surface area contributed by atoms with Crippen molar-refractivity contribution in [2.24, 2.45) is 0 Å². The first-order valence-electron chi connectivity index (χ1n) is 6.17. The molecule has 0 amide bonds. The van der Waals surface area contributed by atoms with Crippen molar-refractivity contribution in [3.05, 3.63) is 36.3 Å². The summed E-state index contributed by atoms with van der Waals surface area (Å²) < 4.78 is 0. The van der Waals surface area contributed by atoms with E-state index >= 15 is 0 Å². The molecule has 1 heterocycles. The van der Waals surface area contributed by atoms with Crippen molar-refractivity contribution in [2.45, 2.75) is 6.92 Å². The molecule has 0 saturated carbocycles. The van der Waals surface area contributed by atoms with E-state index in [0.717, 1.165) is 34.4 Å². The lowest BCUT2D eigenvalue weighted by molar-refractivity contribution is 0.922. The first-order chi connectivity index (χ1) is 9.30. The molecule has 0 saturated heterocycles. The van der Waals surface area contributed by atoms with Crippen LogP contribution in [0, 0.1) is 5.41 Å². The molecule has 0 fully saturated rings. The maximum Gasteiger partial charge on any atom is 0.137 e. The maximum absolute atomic E-state index is 7.50. The van der Waals surface area contributed by atoms with E-state index in [0.29, 0.717) is 0 Å². The molecule has 19 heavy (non-hydrogen) atoms. The highest BCUT2D eigenvalue weighted by molar-refractivity contribution is 6.09. The number of nitrogens with zero attached hydrogens (tertiary/aromatic N) is 2. The average Bonchev–Trinajstić information content (AvgIpc) is 2.47. The molecule has 0 atom stereocenters. The van der Waals surface area contributed by atoms with Crippen molar-refractivity contribution >= 4 is 28.5 Å². The van der Waals surface area contributed by atoms with Crippen molar-refractivity contribution in [3.8, 4) is 0 Å². The van der Waals surface area contributed by atoms with Crippen molar-refractivity contribution in [2.75, 3.05) is 18.9 Å². The molecule has 5 nitrogen and oxygen atoms in total. The molecule has 0 bridgehead atoms. The molecule has 5 heteroatoms. The van der Waals surface area contributed by atoms with E-state index in [4.69, 9.17) is 5.41 Å². The van der Waals surface area contributed by atoms with Gasteiger partial charge < -0.3 is 16.0 Å². The zero-order valence-corrected chi connectivity index (χ0v) is 11.1. The number of benzene rings is 1. The first kappa shape index (κ1) is 13.0. The molecule has 1 aromatic heterocycles. The minimum absolute atomic E-state index is 0.791. The van der Waals surface area contributed by atoms with Crippen LogP contribution in [-0.4, -0.2) is 29.8 Å². The molecule has 2 aromatic rings. The van der Waals surface area contributed by atoms with Gasteiger partial charge in [0, 0.05) is 37.0 Å². The third-order valence-electron chi connectivity index (χ3n) is 2.82. The van der Waals surface area contributed by atoms with Gasteiger partial charge in [-0.2, -0.15) is 0 Å². The van der Waals surface area contributed by atoms with Gasteiger partial charge in [-0.15, -0.1) is 0 Å². The van der Waals surface area contributed by atoms with E-state index in [-0.39, 0.29) is 0 Å². The quantitative estimate of drug-likeness (QED) is 0.717. The number of hydrogen-bond acceptors (Lipinski definition) is 5. The second kappa shape index (κ2) is 5.95. The van der Waals surface area contributed by atoms with Crippen LogP contribution in [0.1, 0.15) is 12.5 Å². The van der Waals surface area contributed by atoms with Gasteiger partial charge in [0.25, 0.3) is 0 Å². The van der Waals surface area contributed by atoms with Crippen LogP contribution in [0.25, 0.3) is 16.5 Å². The monoisotopic (exact) mass is 255 g/mol. The van der Waals surface area contributed by atoms with Gasteiger partial charge in [0.1, 0.15) is 12.1 Å². The predicted molar refractivity (Wildman–Crippen MR) is 79.5 cm³/mol. The van der Waals surface area contributed by atoms with Gasteiger partial charge >= 0.3 is 0 Å². The Bertz CT molecular complexity index is 618. The molecule has 0 radical (unpaired) electrons. The van der Waals surface area contributed by atoms with E-state index in [1.165, 1.54) is 6.21 Å². The lowest BCUT2D eigenvalue weighted by atomic mass is 10.1. The molecule has 2 rings (SSSR count). The fourth-order valence-electron chi connectivity index (χ4n) is 1.86. The fourth-order valence-corrected chi connectivity index (χ4v) is 1.86. The van der Waals surface area contributed by atoms with E-state index < -0.39 is 0 Å². The number of aromatic nitrogens is 2. The normalized spacial score (nSPS) is 11.4. The molecule has 0 aliphatic heterocycles. The second-order valence-electron chi connectivity index (χ2n) is 4.01. The highest BCUT2D eigenvalue weighted by atomic mass is 15.0. The van der Waals surface area contributed by atoms with Crippen LogP contribution >= 0.6 is 0 Å². The van der Waals surface area contributed by atoms with Crippen LogP contribution in [0.2, 0.25) is 0 Å². The molecule has 98 valence electrons. The van der Waals surface area contributed by atoms with Gasteiger partial charge in [-0.1, -0.05) is 6.07 Å². The topological polar surface area (TPSA) is 73.7 Å². The van der Waals surface area contributed by atoms with Gasteiger partial charge in [0.15, 0.2) is 0 Å². The minimum atomic E-state index is 0.791. The van der Waals surface area contributed by atoms with Gasteiger partial charge in [-0.05, 0) is 24.6 Å². The number of anilines is 1. The van der Waals surface area contributed by atoms with Crippen LogP contribution in [-0.2, 0) is 0 Å². The Balaban J connectivity index is 2.53. The Morgan fingerprint density at radius 3 is 2.89 bits per heavy atom. The molecule has 0 aliphatic rings. The molecular weight excluding hydrogens is 238 g/mol. The van der Waals surface area contributed by atoms with E-state index in [1.807, 2.05) is 38.4 Å². The maximum atomic E-state index is 7.50. The van der Waals surface area contributed by atoms with E-state index in [1.54, 1.807) is 6.33 Å². The van der Waals surface area contributed by atoms with Gasteiger partial charge in [-0.25, -0.2) is 9.97 Å².